The predicted molar refractivity (Wildman–Crippen MR) is 142 cm³/mol. The highest BCUT2D eigenvalue weighted by molar-refractivity contribution is 5.59. The van der Waals surface area contributed by atoms with E-state index < -0.39 is 5.92 Å². The Kier molecular flexibility index (Phi) is 6.36. The van der Waals surface area contributed by atoms with E-state index in [0.717, 1.165) is 36.0 Å². The van der Waals surface area contributed by atoms with Crippen molar-refractivity contribution in [3.8, 4) is 0 Å². The van der Waals surface area contributed by atoms with Crippen LogP contribution in [0.3, 0.4) is 0 Å². The summed E-state index contributed by atoms with van der Waals surface area (Å²) in [6, 6.07) is 2.71. The number of piperazine rings is 1. The van der Waals surface area contributed by atoms with Crippen LogP contribution in [0.2, 0.25) is 0 Å². The molecule has 0 aromatic carbocycles. The summed E-state index contributed by atoms with van der Waals surface area (Å²) in [6.45, 7) is 10.9. The first-order valence-electron chi connectivity index (χ1n) is 13.8. The number of nitrogens with one attached hydrogen (secondary N) is 1. The van der Waals surface area contributed by atoms with E-state index in [4.69, 9.17) is 15.1 Å². The van der Waals surface area contributed by atoms with E-state index in [1.807, 2.05) is 30.8 Å². The van der Waals surface area contributed by atoms with Crippen LogP contribution in [0, 0.1) is 12.8 Å². The summed E-state index contributed by atoms with van der Waals surface area (Å²) in [5.41, 5.74) is 3.19. The van der Waals surface area contributed by atoms with Gasteiger partial charge < -0.3 is 10.2 Å². The topological polar surface area (TPSA) is 79.4 Å². The number of aromatic nitrogens is 6. The third-order valence-electron chi connectivity index (χ3n) is 8.83. The smallest absolute Gasteiger partial charge is 0.252 e. The monoisotopic (exact) mass is 525 g/mol. The zero-order valence-electron chi connectivity index (χ0n) is 22.4. The number of imidazole rings is 1. The normalized spacial score (nSPS) is 24.7. The van der Waals surface area contributed by atoms with Crippen molar-refractivity contribution in [2.45, 2.75) is 83.0 Å². The van der Waals surface area contributed by atoms with Crippen LogP contribution in [0.1, 0.15) is 68.6 Å². The van der Waals surface area contributed by atoms with E-state index in [2.05, 4.69) is 33.8 Å². The molecule has 1 N–H and O–H groups in total. The lowest BCUT2D eigenvalue weighted by atomic mass is 9.81. The summed E-state index contributed by atoms with van der Waals surface area (Å²) in [5.74, 6) is -1.20. The Morgan fingerprint density at radius 3 is 2.55 bits per heavy atom. The number of anilines is 1. The van der Waals surface area contributed by atoms with Gasteiger partial charge in [-0.1, -0.05) is 6.58 Å². The standard InChI is InChI=1S/C27H37F2N9/c1-5-37-23(10-13-30-37)17(2)31-24(19-8-11-27(28,29)12-9-19)22-16-38-26(32-22)33-25(18(3)34-38)36-14-20-6-7-21(15-36)35(20)4/h10,13,16,19-21,24,31H,2,5-9,11-12,14-15H2,1,3-4H3. The molecule has 9 nitrogen and oxygen atoms in total. The van der Waals surface area contributed by atoms with Gasteiger partial charge in [-0.3, -0.25) is 9.58 Å². The lowest BCUT2D eigenvalue weighted by Gasteiger charge is -2.39. The lowest BCUT2D eigenvalue weighted by molar-refractivity contribution is -0.0493. The number of hydrogen-bond donors (Lipinski definition) is 1. The van der Waals surface area contributed by atoms with Crippen LogP contribution in [0.15, 0.2) is 25.0 Å². The maximum absolute atomic E-state index is 14.0. The van der Waals surface area contributed by atoms with Gasteiger partial charge in [-0.05, 0) is 58.6 Å². The Bertz CT molecular complexity index is 1310. The highest BCUT2D eigenvalue weighted by Gasteiger charge is 2.40. The molecule has 5 heterocycles. The van der Waals surface area contributed by atoms with Crippen LogP contribution in [0.25, 0.3) is 11.5 Å². The molecule has 2 saturated heterocycles. The van der Waals surface area contributed by atoms with Crippen molar-refractivity contribution in [1.29, 1.82) is 0 Å². The number of alkyl halides is 2. The molecule has 3 aromatic heterocycles. The Balaban J connectivity index is 1.31. The van der Waals surface area contributed by atoms with Crippen LogP contribution in [-0.2, 0) is 6.54 Å². The summed E-state index contributed by atoms with van der Waals surface area (Å²) in [7, 11) is 2.22. The number of likely N-dealkylation sites (N-methyl/N-ethyl adjacent to an activating group) is 1. The minimum absolute atomic E-state index is 0.0110. The third kappa shape index (κ3) is 4.54. The second kappa shape index (κ2) is 9.59. The average molecular weight is 526 g/mol. The fourth-order valence-corrected chi connectivity index (χ4v) is 6.58. The Morgan fingerprint density at radius 1 is 1.16 bits per heavy atom. The average Bonchev–Trinajstić information content (AvgIpc) is 3.57. The van der Waals surface area contributed by atoms with Crippen molar-refractivity contribution in [3.63, 3.8) is 0 Å². The molecule has 0 amide bonds. The molecule has 11 heteroatoms. The number of nitrogens with zero attached hydrogens (tertiary/aromatic N) is 8. The Morgan fingerprint density at radius 2 is 1.87 bits per heavy atom. The van der Waals surface area contributed by atoms with Gasteiger partial charge >= 0.3 is 0 Å². The van der Waals surface area contributed by atoms with Crippen molar-refractivity contribution in [1.82, 2.24) is 39.6 Å². The molecule has 204 valence electrons. The molecule has 0 spiro atoms. The van der Waals surface area contributed by atoms with E-state index in [0.29, 0.717) is 42.9 Å². The zero-order chi connectivity index (χ0) is 26.6. The van der Waals surface area contributed by atoms with Gasteiger partial charge in [-0.25, -0.2) is 18.3 Å². The van der Waals surface area contributed by atoms with Gasteiger partial charge in [0.05, 0.1) is 29.3 Å². The van der Waals surface area contributed by atoms with Crippen LogP contribution in [0.4, 0.5) is 14.6 Å². The molecular weight excluding hydrogens is 488 g/mol. The molecule has 2 aliphatic heterocycles. The minimum Gasteiger partial charge on any atom is -0.375 e. The Hall–Kier alpha value is -3.08. The van der Waals surface area contributed by atoms with Crippen molar-refractivity contribution in [2.24, 2.45) is 5.92 Å². The van der Waals surface area contributed by atoms with Gasteiger partial charge in [-0.2, -0.15) is 15.2 Å². The van der Waals surface area contributed by atoms with Crippen LogP contribution < -0.4 is 10.2 Å². The van der Waals surface area contributed by atoms with E-state index in [1.54, 1.807) is 10.7 Å². The first kappa shape index (κ1) is 25.2. The van der Waals surface area contributed by atoms with Crippen LogP contribution in [0.5, 0.6) is 0 Å². The Labute approximate surface area is 221 Å². The number of rotatable bonds is 7. The van der Waals surface area contributed by atoms with Crippen LogP contribution >= 0.6 is 0 Å². The van der Waals surface area contributed by atoms with E-state index in [1.165, 1.54) is 12.8 Å². The van der Waals surface area contributed by atoms with Gasteiger partial charge in [0.1, 0.15) is 5.69 Å². The fraction of sp³-hybridized carbons (Fsp3) is 0.630. The minimum atomic E-state index is -2.60. The predicted octanol–water partition coefficient (Wildman–Crippen LogP) is 4.06. The fourth-order valence-electron chi connectivity index (χ4n) is 6.58. The van der Waals surface area contributed by atoms with Crippen LogP contribution in [-0.4, -0.2) is 72.4 Å². The highest BCUT2D eigenvalue weighted by Crippen LogP contribution is 2.42. The molecule has 3 fully saturated rings. The van der Waals surface area contributed by atoms with Gasteiger partial charge in [-0.15, -0.1) is 0 Å². The molecule has 38 heavy (non-hydrogen) atoms. The number of hydrogen-bond acceptors (Lipinski definition) is 7. The summed E-state index contributed by atoms with van der Waals surface area (Å²) in [5, 5.41) is 12.7. The van der Waals surface area contributed by atoms with Crippen molar-refractivity contribution < 1.29 is 8.78 Å². The maximum Gasteiger partial charge on any atom is 0.252 e. The largest absolute Gasteiger partial charge is 0.375 e. The zero-order valence-corrected chi connectivity index (χ0v) is 22.4. The first-order valence-corrected chi connectivity index (χ1v) is 13.8. The van der Waals surface area contributed by atoms with E-state index in [-0.39, 0.29) is 24.8 Å². The molecule has 6 rings (SSSR count). The van der Waals surface area contributed by atoms with Crippen molar-refractivity contribution in [2.75, 3.05) is 25.0 Å². The number of aryl methyl sites for hydroxylation is 2. The quantitative estimate of drug-likeness (QED) is 0.498. The van der Waals surface area contributed by atoms with E-state index in [9.17, 15) is 8.78 Å². The molecule has 1 aliphatic carbocycles. The van der Waals surface area contributed by atoms with Gasteiger partial charge in [0.2, 0.25) is 5.92 Å². The van der Waals surface area contributed by atoms with Crippen molar-refractivity contribution >= 4 is 17.3 Å². The van der Waals surface area contributed by atoms with Gasteiger partial charge in [0.15, 0.2) is 5.82 Å². The molecule has 1 saturated carbocycles. The van der Waals surface area contributed by atoms with Crippen molar-refractivity contribution in [3.05, 3.63) is 42.1 Å². The molecule has 3 unspecified atom stereocenters. The summed E-state index contributed by atoms with van der Waals surface area (Å²) < 4.78 is 31.7. The highest BCUT2D eigenvalue weighted by atomic mass is 19.3. The third-order valence-corrected chi connectivity index (χ3v) is 8.83. The van der Waals surface area contributed by atoms with Gasteiger partial charge in [0, 0.05) is 50.8 Å². The lowest BCUT2D eigenvalue weighted by Crippen LogP contribution is -2.52. The molecule has 3 aromatic rings. The number of fused-ring (bicyclic) bond motifs is 3. The number of halogens is 2. The van der Waals surface area contributed by atoms with Gasteiger partial charge in [0.25, 0.3) is 5.78 Å². The molecule has 0 radical (unpaired) electrons. The summed E-state index contributed by atoms with van der Waals surface area (Å²) in [4.78, 5) is 14.7. The molecule has 3 atom stereocenters. The SMILES string of the molecule is C=C(NC(c1cn2nc(C)c(N3CC4CCC(C3)N4C)nc2n1)C1CCC(F)(F)CC1)c1ccnn1CC. The summed E-state index contributed by atoms with van der Waals surface area (Å²) in [6.07, 6.45) is 6.66. The molecular formula is C27H37F2N9. The van der Waals surface area contributed by atoms with E-state index >= 15 is 0 Å². The molecule has 2 bridgehead atoms. The summed E-state index contributed by atoms with van der Waals surface area (Å²) >= 11 is 0. The molecule has 3 aliphatic rings. The second-order valence-corrected chi connectivity index (χ2v) is 11.2. The second-order valence-electron chi connectivity index (χ2n) is 11.2. The maximum atomic E-state index is 14.0. The first-order chi connectivity index (χ1) is 18.2.